The molecule has 0 spiro atoms. The third-order valence-corrected chi connectivity index (χ3v) is 3.22. The van der Waals surface area contributed by atoms with Crippen molar-refractivity contribution in [3.63, 3.8) is 0 Å². The number of hydrogen-bond donors (Lipinski definition) is 1. The van der Waals surface area contributed by atoms with Crippen molar-refractivity contribution < 1.29 is 14.4 Å². The molecule has 0 radical (unpaired) electrons. The predicted molar refractivity (Wildman–Crippen MR) is 69.7 cm³/mol. The number of nitriles is 1. The maximum Gasteiger partial charge on any atom is 0.243 e. The fraction of sp³-hybridized carbons (Fsp3) is 0.286. The zero-order valence-corrected chi connectivity index (χ0v) is 10.9. The van der Waals surface area contributed by atoms with Crippen LogP contribution in [0.15, 0.2) is 24.3 Å². The highest BCUT2D eigenvalue weighted by Crippen LogP contribution is 2.09. The summed E-state index contributed by atoms with van der Waals surface area (Å²) in [5, 5.41) is 10.9. The predicted octanol–water partition coefficient (Wildman–Crippen LogP) is 0.0879. The number of rotatable bonds is 3. The minimum atomic E-state index is -0.518. The third kappa shape index (κ3) is 2.90. The number of piperazine rings is 1. The highest BCUT2D eigenvalue weighted by atomic mass is 16.2. The Morgan fingerprint density at radius 1 is 1.40 bits per heavy atom. The lowest BCUT2D eigenvalue weighted by Gasteiger charge is -2.30. The van der Waals surface area contributed by atoms with Crippen LogP contribution < -0.4 is 5.32 Å². The summed E-state index contributed by atoms with van der Waals surface area (Å²) in [6, 6.07) is 7.71. The molecule has 6 nitrogen and oxygen atoms in total. The molecule has 1 N–H and O–H groups in total. The molecule has 0 bridgehead atoms. The highest BCUT2D eigenvalue weighted by molar-refractivity contribution is 6.03. The minimum absolute atomic E-state index is 0.00771. The van der Waals surface area contributed by atoms with Crippen LogP contribution in [0.1, 0.15) is 22.8 Å². The molecule has 1 aromatic carbocycles. The number of nitrogens with one attached hydrogen (secondary N) is 1. The Bertz CT molecular complexity index is 601. The van der Waals surface area contributed by atoms with Crippen LogP contribution in [0.2, 0.25) is 0 Å². The summed E-state index contributed by atoms with van der Waals surface area (Å²) in [4.78, 5) is 36.4. The molecule has 2 rings (SSSR count). The van der Waals surface area contributed by atoms with Crippen molar-refractivity contribution in [3.05, 3.63) is 35.4 Å². The minimum Gasteiger partial charge on any atom is -0.294 e. The van der Waals surface area contributed by atoms with Crippen molar-refractivity contribution >= 4 is 17.6 Å². The van der Waals surface area contributed by atoms with Gasteiger partial charge in [-0.05, 0) is 19.1 Å². The number of carbonyl (C=O) groups excluding carboxylic acids is 3. The fourth-order valence-corrected chi connectivity index (χ4v) is 1.97. The van der Waals surface area contributed by atoms with Crippen LogP contribution in [0.25, 0.3) is 0 Å². The summed E-state index contributed by atoms with van der Waals surface area (Å²) < 4.78 is 0. The summed E-state index contributed by atoms with van der Waals surface area (Å²) in [6.45, 7) is 1.66. The molecule has 1 heterocycles. The molecular formula is C14H13N3O3. The van der Waals surface area contributed by atoms with Gasteiger partial charge in [0.2, 0.25) is 11.8 Å². The summed E-state index contributed by atoms with van der Waals surface area (Å²) in [7, 11) is 0. The number of benzene rings is 1. The molecule has 6 heteroatoms. The van der Waals surface area contributed by atoms with Crippen molar-refractivity contribution in [2.45, 2.75) is 13.0 Å². The van der Waals surface area contributed by atoms with E-state index in [1.807, 2.05) is 6.07 Å². The molecule has 1 unspecified atom stereocenters. The zero-order valence-electron chi connectivity index (χ0n) is 10.9. The van der Waals surface area contributed by atoms with Gasteiger partial charge in [-0.2, -0.15) is 5.26 Å². The Labute approximate surface area is 116 Å². The van der Waals surface area contributed by atoms with E-state index in [4.69, 9.17) is 5.26 Å². The second-order valence-corrected chi connectivity index (χ2v) is 4.61. The number of hydrogen-bond acceptors (Lipinski definition) is 5. The van der Waals surface area contributed by atoms with Crippen molar-refractivity contribution in [1.29, 1.82) is 5.26 Å². The van der Waals surface area contributed by atoms with E-state index in [9.17, 15) is 14.4 Å². The number of carbonyl (C=O) groups is 3. The van der Waals surface area contributed by atoms with Crippen LogP contribution in [0.3, 0.4) is 0 Å². The number of ketones is 1. The molecule has 1 saturated heterocycles. The number of imide groups is 1. The largest absolute Gasteiger partial charge is 0.294 e. The Morgan fingerprint density at radius 2 is 2.05 bits per heavy atom. The average Bonchev–Trinajstić information content (AvgIpc) is 2.44. The van der Waals surface area contributed by atoms with Gasteiger partial charge in [0.25, 0.3) is 0 Å². The van der Waals surface area contributed by atoms with E-state index in [0.29, 0.717) is 11.1 Å². The maximum atomic E-state index is 12.1. The molecule has 102 valence electrons. The molecule has 20 heavy (non-hydrogen) atoms. The molecule has 1 fully saturated rings. The van der Waals surface area contributed by atoms with Gasteiger partial charge in [-0.1, -0.05) is 12.1 Å². The molecule has 1 aliphatic rings. The molecule has 0 saturated carbocycles. The molecule has 0 aromatic heterocycles. The SMILES string of the molecule is CC1C(=O)NC(=O)CN1CC(=O)c1ccc(C#N)cc1. The first-order valence-electron chi connectivity index (χ1n) is 6.12. The lowest BCUT2D eigenvalue weighted by molar-refractivity contribution is -0.139. The van der Waals surface area contributed by atoms with Crippen molar-refractivity contribution in [2.75, 3.05) is 13.1 Å². The number of nitrogens with zero attached hydrogens (tertiary/aromatic N) is 2. The van der Waals surface area contributed by atoms with E-state index in [1.165, 1.54) is 4.90 Å². The Balaban J connectivity index is 2.08. The normalized spacial score (nSPS) is 19.3. The van der Waals surface area contributed by atoms with E-state index in [1.54, 1.807) is 31.2 Å². The van der Waals surface area contributed by atoms with E-state index >= 15 is 0 Å². The van der Waals surface area contributed by atoms with Gasteiger partial charge in [-0.3, -0.25) is 24.6 Å². The van der Waals surface area contributed by atoms with Crippen LogP contribution in [0, 0.1) is 11.3 Å². The summed E-state index contributed by atoms with van der Waals surface area (Å²) in [5.41, 5.74) is 0.928. The van der Waals surface area contributed by atoms with Crippen LogP contribution >= 0.6 is 0 Å². The van der Waals surface area contributed by atoms with E-state index in [0.717, 1.165) is 0 Å². The van der Waals surface area contributed by atoms with Gasteiger partial charge in [0.05, 0.1) is 30.8 Å². The van der Waals surface area contributed by atoms with Crippen LogP contribution in [0.4, 0.5) is 0 Å². The van der Waals surface area contributed by atoms with Gasteiger partial charge in [0, 0.05) is 5.56 Å². The van der Waals surface area contributed by atoms with Crippen molar-refractivity contribution in [3.8, 4) is 6.07 Å². The second-order valence-electron chi connectivity index (χ2n) is 4.61. The Kier molecular flexibility index (Phi) is 3.91. The quantitative estimate of drug-likeness (QED) is 0.621. The number of Topliss-reactive ketones (excluding diaryl/α,β-unsaturated/α-hetero) is 1. The van der Waals surface area contributed by atoms with Gasteiger partial charge in [-0.25, -0.2) is 0 Å². The lowest BCUT2D eigenvalue weighted by atomic mass is 10.1. The molecule has 0 aliphatic carbocycles. The zero-order chi connectivity index (χ0) is 14.7. The maximum absolute atomic E-state index is 12.1. The molecular weight excluding hydrogens is 258 g/mol. The van der Waals surface area contributed by atoms with Crippen LogP contribution in [-0.2, 0) is 9.59 Å². The number of amides is 2. The van der Waals surface area contributed by atoms with Crippen LogP contribution in [0.5, 0.6) is 0 Å². The van der Waals surface area contributed by atoms with Gasteiger partial charge >= 0.3 is 0 Å². The highest BCUT2D eigenvalue weighted by Gasteiger charge is 2.31. The van der Waals surface area contributed by atoms with Gasteiger partial charge in [0.15, 0.2) is 5.78 Å². The standard InChI is InChI=1S/C14H13N3O3/c1-9-14(20)16-13(19)8-17(9)7-12(18)11-4-2-10(6-15)3-5-11/h2-5,9H,7-8H2,1H3,(H,16,19,20). The Hall–Kier alpha value is -2.52. The van der Waals surface area contributed by atoms with Crippen molar-refractivity contribution in [2.24, 2.45) is 0 Å². The summed E-state index contributed by atoms with van der Waals surface area (Å²) in [6.07, 6.45) is 0. The first-order chi connectivity index (χ1) is 9.51. The van der Waals surface area contributed by atoms with Gasteiger partial charge < -0.3 is 0 Å². The summed E-state index contributed by atoms with van der Waals surface area (Å²) >= 11 is 0. The van der Waals surface area contributed by atoms with Gasteiger partial charge in [-0.15, -0.1) is 0 Å². The molecule has 1 atom stereocenters. The monoisotopic (exact) mass is 271 g/mol. The topological polar surface area (TPSA) is 90.3 Å². The summed E-state index contributed by atoms with van der Waals surface area (Å²) in [5.74, 6) is -0.988. The third-order valence-electron chi connectivity index (χ3n) is 3.22. The molecule has 1 aromatic rings. The lowest BCUT2D eigenvalue weighted by Crippen LogP contribution is -2.57. The first kappa shape index (κ1) is 13.9. The first-order valence-corrected chi connectivity index (χ1v) is 6.12. The molecule has 1 aliphatic heterocycles. The van der Waals surface area contributed by atoms with Crippen molar-refractivity contribution in [1.82, 2.24) is 10.2 Å². The smallest absolute Gasteiger partial charge is 0.243 e. The van der Waals surface area contributed by atoms with Crippen LogP contribution in [-0.4, -0.2) is 41.6 Å². The van der Waals surface area contributed by atoms with E-state index < -0.39 is 17.9 Å². The van der Waals surface area contributed by atoms with E-state index in [-0.39, 0.29) is 18.9 Å². The van der Waals surface area contributed by atoms with E-state index in [2.05, 4.69) is 5.32 Å². The second kappa shape index (κ2) is 5.63. The Morgan fingerprint density at radius 3 is 2.65 bits per heavy atom. The molecule has 2 amide bonds. The average molecular weight is 271 g/mol. The fourth-order valence-electron chi connectivity index (χ4n) is 1.97. The van der Waals surface area contributed by atoms with Gasteiger partial charge in [0.1, 0.15) is 0 Å².